The smallest absolute Gasteiger partial charge is 0.255 e. The quantitative estimate of drug-likeness (QED) is 0.130. The van der Waals surface area contributed by atoms with Gasteiger partial charge in [0.1, 0.15) is 23.1 Å². The molecule has 4 N–H and O–H groups in total. The summed E-state index contributed by atoms with van der Waals surface area (Å²) < 4.78 is 19.4. The first-order valence-corrected chi connectivity index (χ1v) is 14.8. The predicted molar refractivity (Wildman–Crippen MR) is 168 cm³/mol. The number of benzene rings is 4. The van der Waals surface area contributed by atoms with E-state index in [0.29, 0.717) is 35.8 Å². The van der Waals surface area contributed by atoms with Crippen LogP contribution in [-0.2, 0) is 6.42 Å². The van der Waals surface area contributed by atoms with Crippen LogP contribution in [0.15, 0.2) is 103 Å². The number of nitrogens with one attached hydrogen (secondary N) is 2. The number of aliphatic hydroxyl groups excluding tert-OH is 1. The Kier molecular flexibility index (Phi) is 11.5. The molecule has 0 radical (unpaired) electrons. The molecule has 7 nitrogen and oxygen atoms in total. The van der Waals surface area contributed by atoms with E-state index >= 15 is 0 Å². The maximum absolute atomic E-state index is 13.5. The summed E-state index contributed by atoms with van der Waals surface area (Å²) in [5, 5.41) is 27.6. The van der Waals surface area contributed by atoms with Crippen LogP contribution in [0.3, 0.4) is 0 Å². The van der Waals surface area contributed by atoms with Gasteiger partial charge in [0.05, 0.1) is 17.7 Å². The lowest BCUT2D eigenvalue weighted by Crippen LogP contribution is -2.48. The van der Waals surface area contributed by atoms with Crippen molar-refractivity contribution in [3.8, 4) is 17.2 Å². The molecule has 0 aromatic heterocycles. The lowest BCUT2D eigenvalue weighted by Gasteiger charge is -2.29. The highest BCUT2D eigenvalue weighted by Gasteiger charge is 2.27. The van der Waals surface area contributed by atoms with E-state index in [9.17, 15) is 24.2 Å². The first-order chi connectivity index (χ1) is 21.2. The average molecular weight is 599 g/mol. The summed E-state index contributed by atoms with van der Waals surface area (Å²) in [7, 11) is 0. The van der Waals surface area contributed by atoms with E-state index in [1.54, 1.807) is 24.3 Å². The van der Waals surface area contributed by atoms with Crippen molar-refractivity contribution in [3.63, 3.8) is 0 Å². The van der Waals surface area contributed by atoms with Crippen LogP contribution in [0.5, 0.6) is 17.2 Å². The van der Waals surface area contributed by atoms with Gasteiger partial charge in [-0.2, -0.15) is 0 Å². The number of para-hydroxylation sites is 1. The van der Waals surface area contributed by atoms with Gasteiger partial charge in [0, 0.05) is 17.7 Å². The van der Waals surface area contributed by atoms with Gasteiger partial charge >= 0.3 is 0 Å². The zero-order valence-electron chi connectivity index (χ0n) is 24.9. The van der Waals surface area contributed by atoms with Crippen LogP contribution in [0.1, 0.15) is 59.4 Å². The van der Waals surface area contributed by atoms with E-state index < -0.39 is 35.7 Å². The fourth-order valence-corrected chi connectivity index (χ4v) is 4.93. The van der Waals surface area contributed by atoms with E-state index in [1.807, 2.05) is 60.7 Å². The Morgan fingerprint density at radius 1 is 0.795 bits per heavy atom. The maximum atomic E-state index is 13.5. The van der Waals surface area contributed by atoms with E-state index in [0.717, 1.165) is 24.1 Å². The van der Waals surface area contributed by atoms with E-state index in [4.69, 9.17) is 4.74 Å². The zero-order chi connectivity index (χ0) is 31.5. The monoisotopic (exact) mass is 598 g/mol. The SMILES string of the molecule is CC(C)CCC(C[C@H](O)C(Cc1ccccc1)NC(=O)c1ccc(F)cc1O)NC(=O)c1cccc(Oc2ccccc2)c1. The van der Waals surface area contributed by atoms with Gasteiger partial charge in [0.25, 0.3) is 11.8 Å². The van der Waals surface area contributed by atoms with Crippen molar-refractivity contribution in [2.45, 2.75) is 57.7 Å². The summed E-state index contributed by atoms with van der Waals surface area (Å²) in [6.45, 7) is 4.18. The van der Waals surface area contributed by atoms with Crippen molar-refractivity contribution in [1.82, 2.24) is 10.6 Å². The number of rotatable bonds is 14. The van der Waals surface area contributed by atoms with Gasteiger partial charge in [0.15, 0.2) is 0 Å². The minimum absolute atomic E-state index is 0.0982. The standard InChI is InChI=1S/C36H39FN2O5/c1-24(2)16-18-28(38-35(42)26-12-9-15-30(21-26)44-29-13-7-4-8-14-29)23-34(41)32(20-25-10-5-3-6-11-25)39-36(43)31-19-17-27(37)22-33(31)40/h3-15,17,19,21-22,24,28,32,34,40-41H,16,18,20,23H2,1-2H3,(H,38,42)(H,39,43)/t28?,32?,34-/m0/s1. The summed E-state index contributed by atoms with van der Waals surface area (Å²) in [6.07, 6.45) is 0.858. The zero-order valence-corrected chi connectivity index (χ0v) is 24.9. The fourth-order valence-electron chi connectivity index (χ4n) is 4.93. The second-order valence-electron chi connectivity index (χ2n) is 11.3. The number of carbonyl (C=O) groups excluding carboxylic acids is 2. The molecule has 8 heteroatoms. The largest absolute Gasteiger partial charge is 0.507 e. The van der Waals surface area contributed by atoms with Gasteiger partial charge in [-0.1, -0.05) is 68.4 Å². The lowest BCUT2D eigenvalue weighted by atomic mass is 9.92. The third-order valence-corrected chi connectivity index (χ3v) is 7.31. The van der Waals surface area contributed by atoms with Crippen LogP contribution in [0.2, 0.25) is 0 Å². The number of carbonyl (C=O) groups is 2. The molecule has 0 fully saturated rings. The highest BCUT2D eigenvalue weighted by Crippen LogP contribution is 2.23. The molecule has 230 valence electrons. The number of phenolic OH excluding ortho intramolecular Hbond substituents is 1. The first kappa shape index (κ1) is 32.2. The highest BCUT2D eigenvalue weighted by atomic mass is 19.1. The van der Waals surface area contributed by atoms with Crippen LogP contribution in [-0.4, -0.2) is 40.2 Å². The molecular formula is C36H39FN2O5. The van der Waals surface area contributed by atoms with Gasteiger partial charge in [0.2, 0.25) is 0 Å². The summed E-state index contributed by atoms with van der Waals surface area (Å²) in [4.78, 5) is 26.5. The van der Waals surface area contributed by atoms with Gasteiger partial charge in [-0.3, -0.25) is 9.59 Å². The van der Waals surface area contributed by atoms with Crippen LogP contribution in [0.25, 0.3) is 0 Å². The highest BCUT2D eigenvalue weighted by molar-refractivity contribution is 5.97. The molecule has 4 rings (SSSR count). The molecule has 0 heterocycles. The number of aromatic hydroxyl groups is 1. The van der Waals surface area contributed by atoms with Crippen molar-refractivity contribution < 1.29 is 28.9 Å². The van der Waals surface area contributed by atoms with Crippen molar-refractivity contribution >= 4 is 11.8 Å². The molecule has 0 bridgehead atoms. The van der Waals surface area contributed by atoms with E-state index in [2.05, 4.69) is 24.5 Å². The van der Waals surface area contributed by atoms with Gasteiger partial charge in [-0.15, -0.1) is 0 Å². The first-order valence-electron chi connectivity index (χ1n) is 14.8. The number of phenols is 1. The molecular weight excluding hydrogens is 559 g/mol. The molecule has 0 saturated carbocycles. The topological polar surface area (TPSA) is 108 Å². The molecule has 2 amide bonds. The van der Waals surface area contributed by atoms with Crippen LogP contribution in [0.4, 0.5) is 4.39 Å². The number of hydrogen-bond donors (Lipinski definition) is 4. The molecule has 0 aliphatic heterocycles. The van der Waals surface area contributed by atoms with Crippen molar-refractivity contribution in [2.24, 2.45) is 5.92 Å². The molecule has 0 aliphatic rings. The minimum atomic E-state index is -1.05. The Balaban J connectivity index is 1.51. The molecule has 44 heavy (non-hydrogen) atoms. The molecule has 4 aromatic rings. The van der Waals surface area contributed by atoms with Gasteiger partial charge < -0.3 is 25.6 Å². The van der Waals surface area contributed by atoms with Crippen LogP contribution in [0, 0.1) is 11.7 Å². The Hall–Kier alpha value is -4.69. The molecule has 0 aliphatic carbocycles. The summed E-state index contributed by atoms with van der Waals surface area (Å²) in [5.41, 5.74) is 1.21. The number of aliphatic hydroxyl groups is 1. The summed E-state index contributed by atoms with van der Waals surface area (Å²) >= 11 is 0. The Bertz CT molecular complexity index is 1510. The fraction of sp³-hybridized carbons (Fsp3) is 0.278. The minimum Gasteiger partial charge on any atom is -0.507 e. The van der Waals surface area contributed by atoms with Gasteiger partial charge in [-0.25, -0.2) is 4.39 Å². The van der Waals surface area contributed by atoms with Crippen molar-refractivity contribution in [2.75, 3.05) is 0 Å². The number of amides is 2. The third kappa shape index (κ3) is 9.67. The van der Waals surface area contributed by atoms with E-state index in [1.165, 1.54) is 6.07 Å². The molecule has 3 atom stereocenters. The molecule has 4 aromatic carbocycles. The third-order valence-electron chi connectivity index (χ3n) is 7.31. The number of halogens is 1. The Morgan fingerprint density at radius 2 is 1.48 bits per heavy atom. The maximum Gasteiger partial charge on any atom is 0.255 e. The van der Waals surface area contributed by atoms with E-state index in [-0.39, 0.29) is 17.9 Å². The molecule has 0 saturated heterocycles. The Labute approximate surface area is 257 Å². The number of hydrogen-bond acceptors (Lipinski definition) is 5. The summed E-state index contributed by atoms with van der Waals surface area (Å²) in [6, 6.07) is 27.6. The lowest BCUT2D eigenvalue weighted by molar-refractivity contribution is 0.0745. The molecule has 0 spiro atoms. The van der Waals surface area contributed by atoms with Gasteiger partial charge in [-0.05, 0) is 79.6 Å². The van der Waals surface area contributed by atoms with Crippen molar-refractivity contribution in [1.29, 1.82) is 0 Å². The van der Waals surface area contributed by atoms with Crippen molar-refractivity contribution in [3.05, 3.63) is 126 Å². The predicted octanol–water partition coefficient (Wildman–Crippen LogP) is 6.65. The second kappa shape index (κ2) is 15.7. The van der Waals surface area contributed by atoms with Crippen LogP contribution < -0.4 is 15.4 Å². The summed E-state index contributed by atoms with van der Waals surface area (Å²) in [5.74, 6) is -0.544. The number of ether oxygens (including phenoxy) is 1. The van der Waals surface area contributed by atoms with Crippen LogP contribution >= 0.6 is 0 Å². The average Bonchev–Trinajstić information content (AvgIpc) is 3.00. The Morgan fingerprint density at radius 3 is 2.16 bits per heavy atom. The normalized spacial score (nSPS) is 13.1. The molecule has 2 unspecified atom stereocenters. The second-order valence-corrected chi connectivity index (χ2v) is 11.3.